The first-order valence-electron chi connectivity index (χ1n) is 12.8. The number of benzene rings is 1. The molecule has 2 atom stereocenters. The number of hydrogen-bond acceptors (Lipinski definition) is 4. The molecule has 0 aromatic heterocycles. The van der Waals surface area contributed by atoms with Crippen LogP contribution in [-0.2, 0) is 14.3 Å². The Kier molecular flexibility index (Phi) is 9.37. The van der Waals surface area contributed by atoms with Gasteiger partial charge in [-0.2, -0.15) is 0 Å². The van der Waals surface area contributed by atoms with Crippen LogP contribution in [0.15, 0.2) is 18.2 Å². The summed E-state index contributed by atoms with van der Waals surface area (Å²) < 4.78 is 5.35. The first-order chi connectivity index (χ1) is 16.1. The summed E-state index contributed by atoms with van der Waals surface area (Å²) in [6.07, 6.45) is 4.61. The molecule has 7 heteroatoms. The van der Waals surface area contributed by atoms with E-state index in [1.807, 2.05) is 52.8 Å². The fourth-order valence-electron chi connectivity index (χ4n) is 4.58. The van der Waals surface area contributed by atoms with E-state index in [9.17, 15) is 14.4 Å². The first-order valence-corrected chi connectivity index (χ1v) is 12.8. The molecule has 2 unspecified atom stereocenters. The third-order valence-electron chi connectivity index (χ3n) is 6.25. The van der Waals surface area contributed by atoms with E-state index in [0.717, 1.165) is 42.4 Å². The largest absolute Gasteiger partial charge is 0.444 e. The summed E-state index contributed by atoms with van der Waals surface area (Å²) in [5.74, 6) is -0.522. The van der Waals surface area contributed by atoms with Gasteiger partial charge in [0.25, 0.3) is 0 Å². The highest BCUT2D eigenvalue weighted by molar-refractivity contribution is 5.92. The van der Waals surface area contributed by atoms with Gasteiger partial charge in [0.2, 0.25) is 11.8 Å². The predicted molar refractivity (Wildman–Crippen MR) is 139 cm³/mol. The Balaban J connectivity index is 2.46. The summed E-state index contributed by atoms with van der Waals surface area (Å²) in [5.41, 5.74) is 1.38. The van der Waals surface area contributed by atoms with Crippen LogP contribution < -0.4 is 10.6 Å². The molecule has 1 saturated carbocycles. The Labute approximate surface area is 211 Å². The van der Waals surface area contributed by atoms with Crippen molar-refractivity contribution in [3.8, 4) is 0 Å². The molecule has 0 spiro atoms. The van der Waals surface area contributed by atoms with Crippen molar-refractivity contribution in [2.45, 2.75) is 124 Å². The molecule has 0 saturated heterocycles. The summed E-state index contributed by atoms with van der Waals surface area (Å²) in [6, 6.07) is 4.38. The number of rotatable bonds is 6. The summed E-state index contributed by atoms with van der Waals surface area (Å²) >= 11 is 0. The number of alkyl carbamates (subject to hydrolysis) is 1. The zero-order valence-corrected chi connectivity index (χ0v) is 23.1. The SMILES string of the molecule is Cc1ccc(C)c(C(C(=O)NC2CCCCC2)N(C(=O)C(C)NC(=O)OC(C)(C)C)C(C)(C)C)c1. The highest BCUT2D eigenvalue weighted by Gasteiger charge is 2.41. The van der Waals surface area contributed by atoms with Crippen LogP contribution in [0.5, 0.6) is 0 Å². The molecule has 0 bridgehead atoms. The Morgan fingerprint density at radius 3 is 2.14 bits per heavy atom. The summed E-state index contributed by atoms with van der Waals surface area (Å²) in [4.78, 5) is 41.8. The molecule has 2 N–H and O–H groups in total. The fraction of sp³-hybridized carbons (Fsp3) is 0.679. The average Bonchev–Trinajstić information content (AvgIpc) is 2.71. The summed E-state index contributed by atoms with van der Waals surface area (Å²) in [5, 5.41) is 5.89. The minimum atomic E-state index is -0.876. The second-order valence-electron chi connectivity index (χ2n) is 11.9. The number of nitrogens with zero attached hydrogens (tertiary/aromatic N) is 1. The summed E-state index contributed by atoms with van der Waals surface area (Å²) in [6.45, 7) is 16.6. The van der Waals surface area contributed by atoms with Crippen LogP contribution in [-0.4, -0.2) is 46.0 Å². The number of aryl methyl sites for hydroxylation is 2. The van der Waals surface area contributed by atoms with Crippen molar-refractivity contribution in [3.05, 3.63) is 34.9 Å². The first kappa shape index (κ1) is 28.7. The van der Waals surface area contributed by atoms with Crippen LogP contribution >= 0.6 is 0 Å². The molecule has 1 fully saturated rings. The van der Waals surface area contributed by atoms with Crippen molar-refractivity contribution in [2.75, 3.05) is 0 Å². The van der Waals surface area contributed by atoms with E-state index in [-0.39, 0.29) is 17.9 Å². The molecule has 7 nitrogen and oxygen atoms in total. The van der Waals surface area contributed by atoms with E-state index >= 15 is 0 Å². The summed E-state index contributed by atoms with van der Waals surface area (Å²) in [7, 11) is 0. The zero-order valence-electron chi connectivity index (χ0n) is 23.1. The van der Waals surface area contributed by atoms with Crippen LogP contribution in [0.4, 0.5) is 4.79 Å². The molecule has 0 heterocycles. The molecule has 3 amide bonds. The Bertz CT molecular complexity index is 908. The number of amides is 3. The normalized spacial score (nSPS) is 16.7. The van der Waals surface area contributed by atoms with E-state index in [1.54, 1.807) is 32.6 Å². The molecule has 0 radical (unpaired) electrons. The van der Waals surface area contributed by atoms with Gasteiger partial charge in [-0.3, -0.25) is 9.59 Å². The molecule has 1 aromatic rings. The number of ether oxygens (including phenoxy) is 1. The lowest BCUT2D eigenvalue weighted by atomic mass is 9.91. The molecule has 1 aliphatic carbocycles. The monoisotopic (exact) mass is 487 g/mol. The van der Waals surface area contributed by atoms with Gasteiger partial charge < -0.3 is 20.3 Å². The third kappa shape index (κ3) is 8.25. The van der Waals surface area contributed by atoms with E-state index in [0.29, 0.717) is 0 Å². The van der Waals surface area contributed by atoms with Gasteiger partial charge in [0.05, 0.1) is 0 Å². The van der Waals surface area contributed by atoms with E-state index < -0.39 is 29.3 Å². The second-order valence-corrected chi connectivity index (χ2v) is 11.9. The van der Waals surface area contributed by atoms with Crippen LogP contribution in [0.1, 0.15) is 103 Å². The van der Waals surface area contributed by atoms with E-state index in [4.69, 9.17) is 4.74 Å². The van der Waals surface area contributed by atoms with Crippen LogP contribution in [0.25, 0.3) is 0 Å². The van der Waals surface area contributed by atoms with Gasteiger partial charge in [-0.25, -0.2) is 4.79 Å². The number of carbonyl (C=O) groups excluding carboxylic acids is 3. The van der Waals surface area contributed by atoms with E-state index in [2.05, 4.69) is 10.6 Å². The van der Waals surface area contributed by atoms with Crippen molar-refractivity contribution in [3.63, 3.8) is 0 Å². The smallest absolute Gasteiger partial charge is 0.408 e. The highest BCUT2D eigenvalue weighted by atomic mass is 16.6. The van der Waals surface area contributed by atoms with Crippen molar-refractivity contribution in [2.24, 2.45) is 0 Å². The van der Waals surface area contributed by atoms with Gasteiger partial charge in [-0.1, -0.05) is 43.0 Å². The maximum absolute atomic E-state index is 13.9. The van der Waals surface area contributed by atoms with E-state index in [1.165, 1.54) is 6.42 Å². The molecule has 35 heavy (non-hydrogen) atoms. The maximum Gasteiger partial charge on any atom is 0.408 e. The number of hydrogen-bond donors (Lipinski definition) is 2. The van der Waals surface area contributed by atoms with Crippen molar-refractivity contribution in [1.29, 1.82) is 0 Å². The molecular weight excluding hydrogens is 442 g/mol. The average molecular weight is 488 g/mol. The molecule has 2 rings (SSSR count). The van der Waals surface area contributed by atoms with Gasteiger partial charge in [0.15, 0.2) is 0 Å². The van der Waals surface area contributed by atoms with Gasteiger partial charge in [-0.15, -0.1) is 0 Å². The Morgan fingerprint density at radius 1 is 1.00 bits per heavy atom. The lowest BCUT2D eigenvalue weighted by Crippen LogP contribution is -2.58. The highest BCUT2D eigenvalue weighted by Crippen LogP contribution is 2.33. The van der Waals surface area contributed by atoms with Gasteiger partial charge in [0.1, 0.15) is 17.7 Å². The zero-order chi connectivity index (χ0) is 26.6. The van der Waals surface area contributed by atoms with Gasteiger partial charge in [0, 0.05) is 11.6 Å². The van der Waals surface area contributed by atoms with Crippen molar-refractivity contribution in [1.82, 2.24) is 15.5 Å². The molecule has 1 aliphatic rings. The Hall–Kier alpha value is -2.57. The Morgan fingerprint density at radius 2 is 1.60 bits per heavy atom. The van der Waals surface area contributed by atoms with Crippen molar-refractivity contribution >= 4 is 17.9 Å². The second kappa shape index (κ2) is 11.4. The molecule has 1 aromatic carbocycles. The van der Waals surface area contributed by atoms with Gasteiger partial charge in [-0.05, 0) is 86.3 Å². The number of carbonyl (C=O) groups is 3. The lowest BCUT2D eigenvalue weighted by Gasteiger charge is -2.43. The lowest BCUT2D eigenvalue weighted by molar-refractivity contribution is -0.148. The van der Waals surface area contributed by atoms with Crippen molar-refractivity contribution < 1.29 is 19.1 Å². The minimum Gasteiger partial charge on any atom is -0.444 e. The predicted octanol–water partition coefficient (Wildman–Crippen LogP) is 5.33. The van der Waals surface area contributed by atoms with Crippen LogP contribution in [0, 0.1) is 13.8 Å². The molecule has 0 aliphatic heterocycles. The minimum absolute atomic E-state index is 0.109. The fourth-order valence-corrected chi connectivity index (χ4v) is 4.58. The quantitative estimate of drug-likeness (QED) is 0.567. The standard InChI is InChI=1S/C28H45N3O4/c1-18-15-16-19(2)22(17-18)23(24(32)30-21-13-11-10-12-14-21)31(27(4,5)6)25(33)20(3)29-26(34)35-28(7,8)9/h15-17,20-21,23H,10-14H2,1-9H3,(H,29,34)(H,30,32). The third-order valence-corrected chi connectivity index (χ3v) is 6.25. The van der Waals surface area contributed by atoms with Crippen LogP contribution in [0.2, 0.25) is 0 Å². The maximum atomic E-state index is 13.9. The molecular formula is C28H45N3O4. The van der Waals surface area contributed by atoms with Crippen LogP contribution in [0.3, 0.4) is 0 Å². The topological polar surface area (TPSA) is 87.7 Å². The molecule has 196 valence electrons. The van der Waals surface area contributed by atoms with Gasteiger partial charge >= 0.3 is 6.09 Å². The number of nitrogens with one attached hydrogen (secondary N) is 2.